The topological polar surface area (TPSA) is 52.1 Å². The van der Waals surface area contributed by atoms with Crippen molar-refractivity contribution < 1.29 is 79.8 Å². The van der Waals surface area contributed by atoms with Gasteiger partial charge < -0.3 is 4.74 Å². The molecular weight excluding hydrogens is 628 g/mol. The second kappa shape index (κ2) is 11.1. The zero-order valence-electron chi connectivity index (χ0n) is 20.2. The number of benzene rings is 1. The van der Waals surface area contributed by atoms with Crippen LogP contribution in [0.5, 0.6) is 0 Å². The van der Waals surface area contributed by atoms with Crippen molar-refractivity contribution >= 4 is 5.97 Å². The third kappa shape index (κ3) is 5.43. The lowest BCUT2D eigenvalue weighted by molar-refractivity contribution is -0.447. The zero-order chi connectivity index (χ0) is 32.7. The maximum Gasteiger partial charge on any atom is 0.385 e. The highest BCUT2D eigenvalue weighted by Crippen LogP contribution is 2.62. The summed E-state index contributed by atoms with van der Waals surface area (Å²) in [7, 11) is 0. The molecule has 0 amide bonds. The second-order valence-corrected chi connectivity index (χ2v) is 8.42. The summed E-state index contributed by atoms with van der Waals surface area (Å²) in [5.74, 6) is -57.5. The molecule has 2 aromatic rings. The third-order valence-corrected chi connectivity index (χ3v) is 5.61. The number of esters is 1. The largest absolute Gasteiger partial charge is 0.455 e. The van der Waals surface area contributed by atoms with Gasteiger partial charge in [-0.2, -0.15) is 61.5 Å². The van der Waals surface area contributed by atoms with Crippen LogP contribution in [0.15, 0.2) is 36.7 Å². The van der Waals surface area contributed by atoms with Gasteiger partial charge in [-0.05, 0) is 24.1 Å². The molecule has 1 aromatic carbocycles. The minimum atomic E-state index is -8.52. The minimum absolute atomic E-state index is 0.0788. The molecule has 0 unspecified atom stereocenters. The first-order chi connectivity index (χ1) is 18.8. The lowest BCUT2D eigenvalue weighted by Crippen LogP contribution is -2.74. The highest BCUT2D eigenvalue weighted by Gasteiger charge is 2.93. The molecule has 4 nitrogen and oxygen atoms in total. The van der Waals surface area contributed by atoms with E-state index in [0.29, 0.717) is 6.42 Å². The van der Waals surface area contributed by atoms with Gasteiger partial charge in [0.2, 0.25) is 0 Å². The molecule has 20 heteroatoms. The average molecular weight is 642 g/mol. The summed E-state index contributed by atoms with van der Waals surface area (Å²) in [6.45, 7) is -1.47. The Kier molecular flexibility index (Phi) is 9.17. The number of carbonyl (C=O) groups excluding carboxylic acids is 1. The predicted octanol–water partition coefficient (Wildman–Crippen LogP) is 7.58. The first kappa shape index (κ1) is 34.8. The van der Waals surface area contributed by atoms with Crippen molar-refractivity contribution in [2.75, 3.05) is 6.61 Å². The van der Waals surface area contributed by atoms with E-state index in [4.69, 9.17) is 0 Å². The van der Waals surface area contributed by atoms with Gasteiger partial charge in [0, 0.05) is 18.0 Å². The van der Waals surface area contributed by atoms with Crippen molar-refractivity contribution in [3.05, 3.63) is 47.8 Å². The van der Waals surface area contributed by atoms with E-state index in [-0.39, 0.29) is 11.4 Å². The van der Waals surface area contributed by atoms with Crippen LogP contribution in [0.25, 0.3) is 11.4 Å². The number of nitrogens with zero attached hydrogens (tertiary/aromatic N) is 2. The number of carbonyl (C=O) groups is 1. The lowest BCUT2D eigenvalue weighted by Gasteiger charge is -2.42. The van der Waals surface area contributed by atoms with Crippen LogP contribution in [0, 0.1) is 0 Å². The fourth-order valence-corrected chi connectivity index (χ4v) is 2.94. The van der Waals surface area contributed by atoms with Gasteiger partial charge in [-0.15, -0.1) is 0 Å². The number of hydrogen-bond acceptors (Lipinski definition) is 4. The Bertz CT molecular complexity index is 1250. The lowest BCUT2D eigenvalue weighted by atomic mass is 9.89. The first-order valence-corrected chi connectivity index (χ1v) is 10.8. The number of alkyl halides is 16. The highest BCUT2D eigenvalue weighted by atomic mass is 19.4. The minimum Gasteiger partial charge on any atom is -0.455 e. The van der Waals surface area contributed by atoms with Crippen molar-refractivity contribution in [1.82, 2.24) is 9.97 Å². The van der Waals surface area contributed by atoms with Crippen LogP contribution in [0.1, 0.15) is 22.8 Å². The fraction of sp³-hybridized carbons (Fsp3) is 0.500. The Morgan fingerprint density at radius 2 is 1.14 bits per heavy atom. The zero-order valence-corrected chi connectivity index (χ0v) is 20.2. The summed E-state index contributed by atoms with van der Waals surface area (Å²) >= 11 is 0. The summed E-state index contributed by atoms with van der Waals surface area (Å²) < 4.78 is 218. The number of halogens is 16. The molecule has 2 rings (SSSR count). The van der Waals surface area contributed by atoms with Crippen LogP contribution in [0.4, 0.5) is 70.2 Å². The number of aromatic nitrogens is 2. The van der Waals surface area contributed by atoms with E-state index in [2.05, 4.69) is 14.7 Å². The molecule has 0 saturated carbocycles. The van der Waals surface area contributed by atoms with Crippen molar-refractivity contribution in [3.63, 3.8) is 0 Å². The Morgan fingerprint density at radius 3 is 1.57 bits per heavy atom. The Labute approximate surface area is 223 Å². The molecule has 0 aliphatic heterocycles. The van der Waals surface area contributed by atoms with Gasteiger partial charge in [0.15, 0.2) is 12.4 Å². The molecule has 0 aliphatic carbocycles. The van der Waals surface area contributed by atoms with E-state index in [1.54, 1.807) is 6.92 Å². The Morgan fingerprint density at radius 1 is 0.714 bits per heavy atom. The molecule has 0 aliphatic rings. The molecule has 0 atom stereocenters. The van der Waals surface area contributed by atoms with Crippen LogP contribution in [0.3, 0.4) is 0 Å². The van der Waals surface area contributed by atoms with Crippen molar-refractivity contribution in [2.45, 2.75) is 61.2 Å². The average Bonchev–Trinajstić information content (AvgIpc) is 2.91. The van der Waals surface area contributed by atoms with E-state index >= 15 is 0 Å². The van der Waals surface area contributed by atoms with E-state index in [9.17, 15) is 75.0 Å². The van der Waals surface area contributed by atoms with Crippen LogP contribution in [-0.4, -0.2) is 70.4 Å². The number of rotatable bonds is 12. The number of aryl methyl sites for hydroxylation is 1. The van der Waals surface area contributed by atoms with Crippen molar-refractivity contribution in [3.8, 4) is 11.4 Å². The molecule has 1 heterocycles. The smallest absolute Gasteiger partial charge is 0.385 e. The highest BCUT2D eigenvalue weighted by molar-refractivity contribution is 5.90. The standard InChI is InChI=1S/C22H14F16N2O2/c1-2-10-7-39-13(40-8-10)11-3-5-12(6-4-11)14(41)42-9-16(25,26)18(29,30)20(33,34)22(37,38)21(35,36)19(31,32)17(27,28)15(23)24/h3-8,15H,2,9H2,1H3. The number of hydrogen-bond donors (Lipinski definition) is 0. The summed E-state index contributed by atoms with van der Waals surface area (Å²) in [6.07, 6.45) is -2.50. The number of ether oxygens (including phenoxy) is 1. The van der Waals surface area contributed by atoms with Gasteiger partial charge in [-0.25, -0.2) is 23.5 Å². The molecule has 1 aromatic heterocycles. The van der Waals surface area contributed by atoms with Gasteiger partial charge in [-0.3, -0.25) is 0 Å². The van der Waals surface area contributed by atoms with Gasteiger partial charge >= 0.3 is 53.9 Å². The van der Waals surface area contributed by atoms with Gasteiger partial charge in [0.25, 0.3) is 0 Å². The quantitative estimate of drug-likeness (QED) is 0.177. The first-order valence-electron chi connectivity index (χ1n) is 10.8. The normalized spacial score (nSPS) is 14.3. The van der Waals surface area contributed by atoms with Crippen LogP contribution in [0.2, 0.25) is 0 Å². The van der Waals surface area contributed by atoms with Crippen LogP contribution < -0.4 is 0 Å². The summed E-state index contributed by atoms with van der Waals surface area (Å²) in [4.78, 5) is 19.9. The third-order valence-electron chi connectivity index (χ3n) is 5.61. The molecule has 0 bridgehead atoms. The Hall–Kier alpha value is -3.35. The van der Waals surface area contributed by atoms with E-state index in [0.717, 1.165) is 29.8 Å². The molecular formula is C22H14F16N2O2. The summed E-state index contributed by atoms with van der Waals surface area (Å²) in [5, 5.41) is 0. The van der Waals surface area contributed by atoms with Crippen molar-refractivity contribution in [2.24, 2.45) is 0 Å². The molecule has 0 spiro atoms. The summed E-state index contributed by atoms with van der Waals surface area (Å²) in [5.41, 5.74) is 0.173. The second-order valence-electron chi connectivity index (χ2n) is 8.42. The maximum atomic E-state index is 13.9. The van der Waals surface area contributed by atoms with E-state index < -0.39 is 66.0 Å². The summed E-state index contributed by atoms with van der Waals surface area (Å²) in [6, 6.07) is 3.71. The monoisotopic (exact) mass is 642 g/mol. The van der Waals surface area contributed by atoms with E-state index in [1.807, 2.05) is 0 Å². The predicted molar refractivity (Wildman–Crippen MR) is 108 cm³/mol. The van der Waals surface area contributed by atoms with Crippen molar-refractivity contribution in [1.29, 1.82) is 0 Å². The fourth-order valence-electron chi connectivity index (χ4n) is 2.94. The molecule has 0 radical (unpaired) electrons. The molecule has 0 saturated heterocycles. The molecule has 0 N–H and O–H groups in total. The van der Waals surface area contributed by atoms with Gasteiger partial charge in [0.1, 0.15) is 0 Å². The van der Waals surface area contributed by atoms with Gasteiger partial charge in [0.05, 0.1) is 5.56 Å². The maximum absolute atomic E-state index is 13.9. The van der Waals surface area contributed by atoms with Crippen LogP contribution in [-0.2, 0) is 11.2 Å². The van der Waals surface area contributed by atoms with Gasteiger partial charge in [-0.1, -0.05) is 19.1 Å². The molecule has 0 fully saturated rings. The van der Waals surface area contributed by atoms with Crippen LogP contribution >= 0.6 is 0 Å². The molecule has 236 valence electrons. The Balaban J connectivity index is 2.29. The SMILES string of the molecule is CCc1cnc(-c2ccc(C(=O)OCC(F)(F)C(F)(F)C(F)(F)C(F)(F)C(F)(F)C(F)(F)C(F)(F)C(F)F)cc2)nc1. The molecule has 42 heavy (non-hydrogen) atoms. The van der Waals surface area contributed by atoms with E-state index in [1.165, 1.54) is 12.4 Å².